The topological polar surface area (TPSA) is 244 Å². The lowest BCUT2D eigenvalue weighted by molar-refractivity contribution is -0.00771. The van der Waals surface area contributed by atoms with Gasteiger partial charge in [-0.2, -0.15) is 0 Å². The third-order valence-electron chi connectivity index (χ3n) is 13.5. The number of ether oxygens (including phenoxy) is 7. The molecule has 3 aliphatic heterocycles. The van der Waals surface area contributed by atoms with Crippen LogP contribution in [0.5, 0.6) is 0 Å². The Morgan fingerprint density at radius 2 is 0.988 bits per heavy atom. The van der Waals surface area contributed by atoms with Gasteiger partial charge in [0.25, 0.3) is 0 Å². The normalized spacial score (nSPS) is 18.5. The van der Waals surface area contributed by atoms with Crippen LogP contribution in [0.3, 0.4) is 0 Å². The van der Waals surface area contributed by atoms with Gasteiger partial charge in [0.05, 0.1) is 97.1 Å². The molecule has 0 aromatic rings. The second kappa shape index (κ2) is 56.6. The quantitative estimate of drug-likeness (QED) is 0.0152. The van der Waals surface area contributed by atoms with Gasteiger partial charge in [-0.3, -0.25) is 4.90 Å². The van der Waals surface area contributed by atoms with Crippen LogP contribution in [0.15, 0.2) is 25.3 Å². The summed E-state index contributed by atoms with van der Waals surface area (Å²) in [7, 11) is 16.7. The number of rotatable bonds is 61. The van der Waals surface area contributed by atoms with E-state index in [0.717, 1.165) is 162 Å². The lowest BCUT2D eigenvalue weighted by atomic mass is 10.3. The molecule has 0 aromatic heterocycles. The lowest BCUT2D eigenvalue weighted by Crippen LogP contribution is -2.42. The van der Waals surface area contributed by atoms with Crippen molar-refractivity contribution in [2.24, 2.45) is 0 Å². The van der Waals surface area contributed by atoms with Gasteiger partial charge in [0.1, 0.15) is 6.10 Å². The predicted molar refractivity (Wildman–Crippen MR) is 348 cm³/mol. The Kier molecular flexibility index (Phi) is 54.6. The van der Waals surface area contributed by atoms with Gasteiger partial charge in [-0.05, 0) is 69.2 Å². The Morgan fingerprint density at radius 1 is 0.535 bits per heavy atom. The smallest absolute Gasteiger partial charge is 0.389 e. The lowest BCUT2D eigenvalue weighted by Gasteiger charge is -2.26. The number of likely N-dealkylation sites (N-methyl/N-ethyl adjacent to an activating group) is 4. The number of hydrogen-bond acceptors (Lipinski definition) is 26. The minimum Gasteiger partial charge on any atom is -0.389 e. The zero-order valence-corrected chi connectivity index (χ0v) is 57.8. The summed E-state index contributed by atoms with van der Waals surface area (Å²) < 4.78 is 72.7. The fourth-order valence-electron chi connectivity index (χ4n) is 8.37. The van der Waals surface area contributed by atoms with Crippen LogP contribution in [-0.2, 0) is 59.7 Å². The van der Waals surface area contributed by atoms with Crippen LogP contribution >= 0.6 is 0 Å². The molecule has 0 saturated carbocycles. The third kappa shape index (κ3) is 49.6. The van der Waals surface area contributed by atoms with E-state index in [9.17, 15) is 5.11 Å². The average molecular weight is 1270 g/mol. The van der Waals surface area contributed by atoms with Crippen LogP contribution in [0.2, 0.25) is 12.1 Å². The van der Waals surface area contributed by atoms with Gasteiger partial charge in [0.2, 0.25) is 0 Å². The molecule has 3 fully saturated rings. The second-order valence-corrected chi connectivity index (χ2v) is 28.4. The van der Waals surface area contributed by atoms with Gasteiger partial charge in [-0.15, -0.1) is 13.2 Å². The van der Waals surface area contributed by atoms with Crippen LogP contribution in [0, 0.1) is 0 Å². The van der Waals surface area contributed by atoms with E-state index in [2.05, 4.69) is 131 Å². The summed E-state index contributed by atoms with van der Waals surface area (Å²) in [5, 5.41) is 34.7. The molecule has 4 atom stereocenters. The summed E-state index contributed by atoms with van der Waals surface area (Å²) in [4.78, 5) is 11.0. The molecule has 3 rings (SSSR count). The minimum absolute atomic E-state index is 0.0157. The van der Waals surface area contributed by atoms with Gasteiger partial charge >= 0.3 is 17.6 Å². The standard InChI is InChI=1S/C29H62N6O7Si.C20H46N6O2.C9H20O5Si/c1-6-17-37-24-28(21-32-9-8-30-10-13-33(2)3)39-19-12-31-11-14-35(16-15-34(4)5)22-27(36)23-38-18-7-20-43-40-25-29(42-43)26-41-43;1-6-16-27-19-20(18-24-10-9-22-12-15-26(4)5)28-17-13-23-8-7-21-11-14-25(2)3;1-10-15(11-2,12-3)6-4-5-13-7-9-8-14-9/h6,27-32,36H,1,7-26H2,2-5H3;6,20-24H,1,7-19H2,2-5H3;9H,4-8H2,1-3H3. The Labute approximate surface area is 524 Å². The van der Waals surface area contributed by atoms with Gasteiger partial charge in [0.15, 0.2) is 0 Å². The summed E-state index contributed by atoms with van der Waals surface area (Å²) in [6, 6.07) is 1.56. The van der Waals surface area contributed by atoms with E-state index in [1.807, 2.05) is 0 Å². The molecule has 0 spiro atoms. The highest BCUT2D eigenvalue weighted by atomic mass is 28.4. The molecule has 512 valence electrons. The van der Waals surface area contributed by atoms with Crippen molar-refractivity contribution in [3.05, 3.63) is 25.3 Å². The van der Waals surface area contributed by atoms with Crippen molar-refractivity contribution in [1.82, 2.24) is 61.7 Å². The maximum Gasteiger partial charge on any atom is 0.501 e. The minimum atomic E-state index is -2.40. The first-order chi connectivity index (χ1) is 41.6. The van der Waals surface area contributed by atoms with Crippen LogP contribution in [-0.4, -0.2) is 379 Å². The molecule has 0 amide bonds. The SMILES string of the molecule is C=CCOCC(CNCCNCCN(C)C)OCCNCCN(CCN(C)C)CC(O)COCCC[Si]12OCC(CO1)O2.C=CCOCC(CNCCNCCN(C)C)OCCNCCNCCN(C)C.CO[Si](CCCOCC1CO1)(OC)OC. The van der Waals surface area contributed by atoms with E-state index >= 15 is 0 Å². The van der Waals surface area contributed by atoms with Gasteiger partial charge in [-0.1, -0.05) is 12.2 Å². The van der Waals surface area contributed by atoms with Gasteiger partial charge in [0, 0.05) is 184 Å². The highest BCUT2D eigenvalue weighted by molar-refractivity contribution is 6.62. The number of aliphatic hydroxyl groups is 1. The third-order valence-corrected chi connectivity index (χ3v) is 19.2. The largest absolute Gasteiger partial charge is 0.501 e. The predicted octanol–water partition coefficient (Wildman–Crippen LogP) is -1.35. The molecule has 0 radical (unpaired) electrons. The maximum atomic E-state index is 10.6. The second-order valence-electron chi connectivity index (χ2n) is 22.6. The Bertz CT molecular complexity index is 1500. The number of nitrogens with one attached hydrogen (secondary N) is 7. The molecule has 3 heterocycles. The van der Waals surface area contributed by atoms with Gasteiger partial charge in [-0.25, -0.2) is 0 Å². The number of epoxide rings is 1. The van der Waals surface area contributed by atoms with Crippen molar-refractivity contribution in [3.63, 3.8) is 0 Å². The first-order valence-electron chi connectivity index (χ1n) is 31.6. The first-order valence-corrected chi connectivity index (χ1v) is 35.4. The summed E-state index contributed by atoms with van der Waals surface area (Å²) >= 11 is 0. The molecule has 4 unspecified atom stereocenters. The number of fused-ring (bicyclic) bond motifs is 2. The zero-order valence-electron chi connectivity index (χ0n) is 55.8. The van der Waals surface area contributed by atoms with Gasteiger partial charge < -0.3 is 122 Å². The molecule has 3 saturated heterocycles. The molecule has 28 heteroatoms. The summed E-state index contributed by atoms with van der Waals surface area (Å²) in [5.41, 5.74) is 0. The Hall–Kier alpha value is -1.13. The van der Waals surface area contributed by atoms with Crippen LogP contribution in [0.25, 0.3) is 0 Å². The molecule has 2 bridgehead atoms. The van der Waals surface area contributed by atoms with E-state index < -0.39 is 23.7 Å². The first kappa shape index (κ1) is 82.9. The Balaban J connectivity index is 0.000000731. The molecule has 0 aliphatic carbocycles. The van der Waals surface area contributed by atoms with Crippen LogP contribution in [0.1, 0.15) is 12.8 Å². The number of aliphatic hydroxyl groups excluding tert-OH is 1. The summed E-state index contributed by atoms with van der Waals surface area (Å²) in [5.74, 6) is 0. The highest BCUT2D eigenvalue weighted by Crippen LogP contribution is 2.32. The molecular weight excluding hydrogens is 1140 g/mol. The molecule has 86 heavy (non-hydrogen) atoms. The average Bonchev–Trinajstić information content (AvgIpc) is 2.58. The van der Waals surface area contributed by atoms with E-state index in [1.54, 1.807) is 33.5 Å². The van der Waals surface area contributed by atoms with E-state index in [0.29, 0.717) is 91.9 Å². The molecular formula is C58H128N12O14Si2. The van der Waals surface area contributed by atoms with Crippen molar-refractivity contribution in [1.29, 1.82) is 0 Å². The summed E-state index contributed by atoms with van der Waals surface area (Å²) in [6.07, 6.45) is 5.18. The molecule has 3 aliphatic rings. The van der Waals surface area contributed by atoms with Crippen molar-refractivity contribution < 1.29 is 64.8 Å². The van der Waals surface area contributed by atoms with E-state index in [4.69, 9.17) is 59.7 Å². The number of hydrogen-bond donors (Lipinski definition) is 8. The van der Waals surface area contributed by atoms with Crippen molar-refractivity contribution >= 4 is 17.6 Å². The molecule has 8 N–H and O–H groups in total. The van der Waals surface area contributed by atoms with E-state index in [1.165, 1.54) is 0 Å². The zero-order chi connectivity index (χ0) is 63.2. The van der Waals surface area contributed by atoms with Crippen molar-refractivity contribution in [3.8, 4) is 0 Å². The Morgan fingerprint density at radius 3 is 1.43 bits per heavy atom. The molecule has 26 nitrogen and oxygen atoms in total. The van der Waals surface area contributed by atoms with Crippen LogP contribution < -0.4 is 37.2 Å². The monoisotopic (exact) mass is 1270 g/mol. The molecule has 0 aromatic carbocycles. The van der Waals surface area contributed by atoms with Crippen LogP contribution in [0.4, 0.5) is 0 Å². The van der Waals surface area contributed by atoms with Crippen molar-refractivity contribution in [2.45, 2.75) is 55.4 Å². The summed E-state index contributed by atoms with van der Waals surface area (Å²) in [6.45, 7) is 34.2. The maximum absolute atomic E-state index is 10.6. The number of nitrogens with zero attached hydrogens (tertiary/aromatic N) is 5. The fourth-order valence-corrected chi connectivity index (χ4v) is 12.8. The van der Waals surface area contributed by atoms with Crippen molar-refractivity contribution in [2.75, 3.05) is 301 Å². The highest BCUT2D eigenvalue weighted by Gasteiger charge is 2.54. The van der Waals surface area contributed by atoms with E-state index in [-0.39, 0.29) is 18.3 Å². The fraction of sp³-hybridized carbons (Fsp3) is 0.931.